The van der Waals surface area contributed by atoms with Gasteiger partial charge in [-0.2, -0.15) is 0 Å². The Balaban J connectivity index is 2.15. The Morgan fingerprint density at radius 1 is 1.12 bits per heavy atom. The molecule has 0 aromatic heterocycles. The second-order valence-corrected chi connectivity index (χ2v) is 5.27. The van der Waals surface area contributed by atoms with Crippen LogP contribution in [-0.4, -0.2) is 25.1 Å². The number of amides is 2. The van der Waals surface area contributed by atoms with Crippen LogP contribution < -0.4 is 16.4 Å². The van der Waals surface area contributed by atoms with Gasteiger partial charge in [0.1, 0.15) is 6.29 Å². The van der Waals surface area contributed by atoms with Crippen molar-refractivity contribution < 1.29 is 14.4 Å². The fraction of sp³-hybridized carbons (Fsp3) is 0.105. The summed E-state index contributed by atoms with van der Waals surface area (Å²) in [5, 5.41) is 5.29. The van der Waals surface area contributed by atoms with Crippen LogP contribution in [0.5, 0.6) is 0 Å². The van der Waals surface area contributed by atoms with Crippen molar-refractivity contribution in [3.05, 3.63) is 71.3 Å². The molecule has 0 unspecified atom stereocenters. The summed E-state index contributed by atoms with van der Waals surface area (Å²) < 4.78 is 0. The van der Waals surface area contributed by atoms with Crippen molar-refractivity contribution in [3.63, 3.8) is 0 Å². The topological polar surface area (TPSA) is 101 Å². The molecule has 0 spiro atoms. The first-order valence-electron chi connectivity index (χ1n) is 7.66. The van der Waals surface area contributed by atoms with Gasteiger partial charge in [0.15, 0.2) is 0 Å². The Bertz CT molecular complexity index is 828. The van der Waals surface area contributed by atoms with Gasteiger partial charge in [0.25, 0.3) is 11.8 Å². The van der Waals surface area contributed by atoms with Crippen molar-refractivity contribution in [1.82, 2.24) is 10.6 Å². The molecule has 0 heterocycles. The van der Waals surface area contributed by atoms with Gasteiger partial charge >= 0.3 is 0 Å². The molecule has 2 aromatic carbocycles. The maximum Gasteiger partial charge on any atom is 0.252 e. The predicted octanol–water partition coefficient (Wildman–Crippen LogP) is 1.53. The molecule has 0 bridgehead atoms. The summed E-state index contributed by atoms with van der Waals surface area (Å²) in [5.41, 5.74) is 8.25. The van der Waals surface area contributed by atoms with E-state index in [2.05, 4.69) is 10.6 Å². The summed E-state index contributed by atoms with van der Waals surface area (Å²) >= 11 is 0. The summed E-state index contributed by atoms with van der Waals surface area (Å²) in [6.45, 7) is 0.215. The lowest BCUT2D eigenvalue weighted by molar-refractivity contribution is -0.116. The molecule has 2 aromatic rings. The van der Waals surface area contributed by atoms with Crippen LogP contribution in [0, 0.1) is 0 Å². The summed E-state index contributed by atoms with van der Waals surface area (Å²) in [6, 6.07) is 13.7. The number of allylic oxidation sites excluding steroid dienone is 1. The number of nitrogen functional groups attached to an aromatic ring is 1. The summed E-state index contributed by atoms with van der Waals surface area (Å²) in [6.07, 6.45) is 1.73. The lowest BCUT2D eigenvalue weighted by atomic mass is 10.0. The van der Waals surface area contributed by atoms with Crippen LogP contribution in [-0.2, 0) is 16.1 Å². The van der Waals surface area contributed by atoms with Crippen LogP contribution in [0.2, 0.25) is 0 Å². The van der Waals surface area contributed by atoms with Gasteiger partial charge in [-0.05, 0) is 29.8 Å². The lowest BCUT2D eigenvalue weighted by Gasteiger charge is -2.11. The molecule has 0 saturated heterocycles. The van der Waals surface area contributed by atoms with E-state index in [1.54, 1.807) is 55.6 Å². The number of carbonyl (C=O) groups excluding carboxylic acids is 3. The van der Waals surface area contributed by atoms with E-state index in [1.807, 2.05) is 0 Å². The van der Waals surface area contributed by atoms with Gasteiger partial charge in [0.2, 0.25) is 0 Å². The Labute approximate surface area is 145 Å². The second-order valence-electron chi connectivity index (χ2n) is 5.27. The number of nitrogens with two attached hydrogens (primary N) is 1. The van der Waals surface area contributed by atoms with Gasteiger partial charge in [0, 0.05) is 30.4 Å². The average molecular weight is 337 g/mol. The zero-order chi connectivity index (χ0) is 18.2. The molecule has 0 radical (unpaired) electrons. The zero-order valence-electron chi connectivity index (χ0n) is 13.8. The van der Waals surface area contributed by atoms with Crippen molar-refractivity contribution in [1.29, 1.82) is 0 Å². The third-order valence-electron chi connectivity index (χ3n) is 3.60. The first-order chi connectivity index (χ1) is 12.1. The molecule has 0 fully saturated rings. The Hall–Kier alpha value is -3.41. The number of para-hydroxylation sites is 1. The highest BCUT2D eigenvalue weighted by Gasteiger charge is 2.14. The zero-order valence-corrected chi connectivity index (χ0v) is 13.8. The highest BCUT2D eigenvalue weighted by Crippen LogP contribution is 2.21. The molecule has 2 rings (SSSR count). The standard InChI is InChI=1S/C19H19N3O3/c1-21-18(24)14-6-4-5-13(11-14)12-22-19(25)16(9-10-23)15-7-2-3-8-17(15)20/h2-11H,12,20H2,1H3,(H,21,24)(H,22,25)/b16-9+. The predicted molar refractivity (Wildman–Crippen MR) is 96.6 cm³/mol. The van der Waals surface area contributed by atoms with Crippen LogP contribution in [0.25, 0.3) is 5.57 Å². The van der Waals surface area contributed by atoms with E-state index in [0.717, 1.165) is 5.56 Å². The van der Waals surface area contributed by atoms with Crippen molar-refractivity contribution in [2.45, 2.75) is 6.54 Å². The quantitative estimate of drug-likeness (QED) is 0.423. The molecule has 0 atom stereocenters. The number of aldehydes is 1. The SMILES string of the molecule is CNC(=O)c1cccc(CNC(=O)/C(=C/C=O)c2ccccc2N)c1. The fourth-order valence-electron chi connectivity index (χ4n) is 2.34. The molecule has 4 N–H and O–H groups in total. The maximum atomic E-state index is 12.5. The molecular weight excluding hydrogens is 318 g/mol. The number of hydrogen-bond donors (Lipinski definition) is 3. The van der Waals surface area contributed by atoms with Crippen molar-refractivity contribution >= 4 is 29.4 Å². The van der Waals surface area contributed by atoms with Crippen molar-refractivity contribution in [3.8, 4) is 0 Å². The summed E-state index contributed by atoms with van der Waals surface area (Å²) in [5.74, 6) is -0.623. The molecule has 0 aliphatic heterocycles. The van der Waals surface area contributed by atoms with Gasteiger partial charge in [0.05, 0.1) is 5.57 Å². The molecule has 6 nitrogen and oxygen atoms in total. The molecule has 128 valence electrons. The van der Waals surface area contributed by atoms with E-state index in [9.17, 15) is 14.4 Å². The van der Waals surface area contributed by atoms with Crippen LogP contribution in [0.3, 0.4) is 0 Å². The van der Waals surface area contributed by atoms with Crippen LogP contribution >= 0.6 is 0 Å². The average Bonchev–Trinajstić information content (AvgIpc) is 2.64. The highest BCUT2D eigenvalue weighted by molar-refractivity contribution is 6.23. The van der Waals surface area contributed by atoms with Gasteiger partial charge in [-0.25, -0.2) is 0 Å². The number of hydrogen-bond acceptors (Lipinski definition) is 4. The van der Waals surface area contributed by atoms with E-state index < -0.39 is 5.91 Å². The van der Waals surface area contributed by atoms with E-state index >= 15 is 0 Å². The van der Waals surface area contributed by atoms with Crippen molar-refractivity contribution in [2.24, 2.45) is 0 Å². The van der Waals surface area contributed by atoms with Crippen molar-refractivity contribution in [2.75, 3.05) is 12.8 Å². The van der Waals surface area contributed by atoms with Gasteiger partial charge in [-0.1, -0.05) is 30.3 Å². The number of anilines is 1. The molecule has 0 aliphatic carbocycles. The third kappa shape index (κ3) is 4.54. The minimum absolute atomic E-state index is 0.190. The highest BCUT2D eigenvalue weighted by atomic mass is 16.2. The number of nitrogens with one attached hydrogen (secondary N) is 2. The van der Waals surface area contributed by atoms with Crippen LogP contribution in [0.4, 0.5) is 5.69 Å². The molecule has 25 heavy (non-hydrogen) atoms. The van der Waals surface area contributed by atoms with E-state index in [4.69, 9.17) is 5.73 Å². The summed E-state index contributed by atoms with van der Waals surface area (Å²) in [7, 11) is 1.55. The van der Waals surface area contributed by atoms with Crippen LogP contribution in [0.1, 0.15) is 21.5 Å². The molecular formula is C19H19N3O3. The van der Waals surface area contributed by atoms with E-state index in [0.29, 0.717) is 23.1 Å². The normalized spacial score (nSPS) is 10.8. The molecule has 0 aliphatic rings. The molecule has 0 saturated carbocycles. The number of carbonyl (C=O) groups is 3. The second kappa shape index (κ2) is 8.44. The summed E-state index contributed by atoms with van der Waals surface area (Å²) in [4.78, 5) is 35.0. The van der Waals surface area contributed by atoms with Crippen LogP contribution in [0.15, 0.2) is 54.6 Å². The minimum atomic E-state index is -0.421. The Morgan fingerprint density at radius 3 is 2.56 bits per heavy atom. The first-order valence-corrected chi connectivity index (χ1v) is 7.66. The van der Waals surface area contributed by atoms with Gasteiger partial charge in [-0.3, -0.25) is 14.4 Å². The smallest absolute Gasteiger partial charge is 0.252 e. The van der Waals surface area contributed by atoms with Gasteiger partial charge < -0.3 is 16.4 Å². The third-order valence-corrected chi connectivity index (χ3v) is 3.60. The van der Waals surface area contributed by atoms with E-state index in [-0.39, 0.29) is 18.0 Å². The molecule has 2 amide bonds. The van der Waals surface area contributed by atoms with E-state index in [1.165, 1.54) is 6.08 Å². The first kappa shape index (κ1) is 17.9. The number of benzene rings is 2. The Kier molecular flexibility index (Phi) is 6.06. The maximum absolute atomic E-state index is 12.5. The van der Waals surface area contributed by atoms with Gasteiger partial charge in [-0.15, -0.1) is 0 Å². The Morgan fingerprint density at radius 2 is 1.88 bits per heavy atom. The number of rotatable bonds is 6. The fourth-order valence-corrected chi connectivity index (χ4v) is 2.34. The largest absolute Gasteiger partial charge is 0.398 e. The monoisotopic (exact) mass is 337 g/mol. The molecule has 6 heteroatoms. The minimum Gasteiger partial charge on any atom is -0.398 e. The lowest BCUT2D eigenvalue weighted by Crippen LogP contribution is -2.25.